The predicted octanol–water partition coefficient (Wildman–Crippen LogP) is 2.68. The Morgan fingerprint density at radius 2 is 1.66 bits per heavy atom. The maximum absolute atomic E-state index is 13.8. The van der Waals surface area contributed by atoms with Gasteiger partial charge in [0.15, 0.2) is 0 Å². The minimum absolute atomic E-state index is 0.157. The summed E-state index contributed by atoms with van der Waals surface area (Å²) in [7, 11) is 0. The molecule has 2 aromatic carbocycles. The fourth-order valence-electron chi connectivity index (χ4n) is 5.08. The molecule has 0 spiro atoms. The second-order valence-electron chi connectivity index (χ2n) is 11.7. The highest BCUT2D eigenvalue weighted by molar-refractivity contribution is 5.96. The van der Waals surface area contributed by atoms with Gasteiger partial charge in [-0.1, -0.05) is 62.4 Å². The molecular weight excluding hydrogens is 564 g/mol. The Kier molecular flexibility index (Phi) is 12.5. The SMILES string of the molecule is CC(C)[C@](C)(NC(=O)[C@@H](N)CCCCOC(=O)c1ccccc1)C(=O)NC(Cc1ccccc1)C(=O)N1CCC[C@@H]1C(=O)O. The fraction of sp³-hybridized carbons (Fsp3) is 0.485. The number of likely N-dealkylation sites (tertiary alicyclic amines) is 1. The lowest BCUT2D eigenvalue weighted by Crippen LogP contribution is -2.65. The number of carboxylic acids is 1. The quantitative estimate of drug-likeness (QED) is 0.177. The first-order chi connectivity index (χ1) is 20.9. The Balaban J connectivity index is 1.62. The van der Waals surface area contributed by atoms with Crippen LogP contribution >= 0.6 is 0 Å². The van der Waals surface area contributed by atoms with Gasteiger partial charge in [0.25, 0.3) is 0 Å². The summed E-state index contributed by atoms with van der Waals surface area (Å²) in [6, 6.07) is 14.9. The number of benzene rings is 2. The smallest absolute Gasteiger partial charge is 0.338 e. The number of aliphatic carboxylic acids is 1. The largest absolute Gasteiger partial charge is 0.480 e. The molecule has 1 aliphatic rings. The van der Waals surface area contributed by atoms with E-state index in [2.05, 4.69) is 10.6 Å². The first-order valence-corrected chi connectivity index (χ1v) is 15.1. The summed E-state index contributed by atoms with van der Waals surface area (Å²) in [6.45, 7) is 5.61. The number of esters is 1. The normalized spacial score (nSPS) is 17.3. The summed E-state index contributed by atoms with van der Waals surface area (Å²) < 4.78 is 5.27. The van der Waals surface area contributed by atoms with Crippen LogP contribution < -0.4 is 16.4 Å². The van der Waals surface area contributed by atoms with Gasteiger partial charge in [0.2, 0.25) is 17.7 Å². The molecule has 0 aromatic heterocycles. The second-order valence-corrected chi connectivity index (χ2v) is 11.7. The van der Waals surface area contributed by atoms with E-state index in [1.165, 1.54) is 4.90 Å². The Morgan fingerprint density at radius 1 is 1.02 bits per heavy atom. The molecule has 1 fully saturated rings. The lowest BCUT2D eigenvalue weighted by atomic mass is 9.86. The molecule has 0 bridgehead atoms. The minimum atomic E-state index is -1.41. The van der Waals surface area contributed by atoms with E-state index < -0.39 is 53.3 Å². The molecule has 11 nitrogen and oxygen atoms in total. The first kappa shape index (κ1) is 34.2. The van der Waals surface area contributed by atoms with Crippen LogP contribution in [0, 0.1) is 5.92 Å². The molecule has 0 saturated carbocycles. The standard InChI is InChI=1S/C33H44N4O7/c1-22(2)33(3,36-28(38)25(34)17-10-11-20-44-31(42)24-15-8-5-9-16-24)32(43)35-26(21-23-13-6-4-7-14-23)29(39)37-19-12-18-27(37)30(40)41/h4-9,13-16,22,25-27H,10-12,17-21,34H2,1-3H3,(H,35,43)(H,36,38)(H,40,41)/t25-,26?,27+,33-/m0/s1. The second kappa shape index (κ2) is 16.0. The van der Waals surface area contributed by atoms with Gasteiger partial charge in [-0.3, -0.25) is 14.4 Å². The average Bonchev–Trinajstić information content (AvgIpc) is 3.51. The van der Waals surface area contributed by atoms with Gasteiger partial charge in [0.05, 0.1) is 18.2 Å². The van der Waals surface area contributed by atoms with Crippen molar-refractivity contribution in [3.63, 3.8) is 0 Å². The zero-order valence-electron chi connectivity index (χ0n) is 25.7. The van der Waals surface area contributed by atoms with E-state index in [9.17, 15) is 29.1 Å². The van der Waals surface area contributed by atoms with E-state index in [0.717, 1.165) is 5.56 Å². The Bertz CT molecular complexity index is 1290. The van der Waals surface area contributed by atoms with Gasteiger partial charge >= 0.3 is 11.9 Å². The van der Waals surface area contributed by atoms with Gasteiger partial charge in [0.1, 0.15) is 17.6 Å². The number of carbonyl (C=O) groups is 5. The van der Waals surface area contributed by atoms with Crippen LogP contribution in [0.25, 0.3) is 0 Å². The van der Waals surface area contributed by atoms with E-state index in [0.29, 0.717) is 37.7 Å². The predicted molar refractivity (Wildman–Crippen MR) is 164 cm³/mol. The first-order valence-electron chi connectivity index (χ1n) is 15.1. The molecule has 2 aromatic rings. The number of nitrogens with one attached hydrogen (secondary N) is 2. The molecule has 3 rings (SSSR count). The Labute approximate surface area is 258 Å². The summed E-state index contributed by atoms with van der Waals surface area (Å²) in [6.07, 6.45) is 2.41. The van der Waals surface area contributed by atoms with Crippen molar-refractivity contribution < 1.29 is 33.8 Å². The van der Waals surface area contributed by atoms with Crippen molar-refractivity contribution in [1.29, 1.82) is 0 Å². The number of hydrogen-bond donors (Lipinski definition) is 4. The molecule has 44 heavy (non-hydrogen) atoms. The number of ether oxygens (including phenoxy) is 1. The Hall–Kier alpha value is -4.25. The van der Waals surface area contributed by atoms with Gasteiger partial charge < -0.3 is 31.1 Å². The minimum Gasteiger partial charge on any atom is -0.480 e. The third kappa shape index (κ3) is 9.12. The molecule has 5 N–H and O–H groups in total. The highest BCUT2D eigenvalue weighted by Crippen LogP contribution is 2.22. The highest BCUT2D eigenvalue weighted by Gasteiger charge is 2.43. The van der Waals surface area contributed by atoms with Crippen molar-refractivity contribution in [3.05, 3.63) is 71.8 Å². The molecule has 3 amide bonds. The van der Waals surface area contributed by atoms with Crippen LogP contribution in [0.5, 0.6) is 0 Å². The van der Waals surface area contributed by atoms with Crippen LogP contribution in [-0.4, -0.2) is 76.5 Å². The lowest BCUT2D eigenvalue weighted by molar-refractivity contribution is -0.149. The zero-order valence-corrected chi connectivity index (χ0v) is 25.7. The van der Waals surface area contributed by atoms with Crippen molar-refractivity contribution in [3.8, 4) is 0 Å². The van der Waals surface area contributed by atoms with Crippen LogP contribution in [0.4, 0.5) is 0 Å². The molecular formula is C33H44N4O7. The molecule has 1 heterocycles. The van der Waals surface area contributed by atoms with Crippen LogP contribution in [-0.2, 0) is 30.3 Å². The number of carboxylic acid groups (broad SMARTS) is 1. The number of nitrogens with two attached hydrogens (primary N) is 1. The molecule has 1 unspecified atom stereocenters. The molecule has 0 aliphatic carbocycles. The average molecular weight is 609 g/mol. The molecule has 4 atom stereocenters. The highest BCUT2D eigenvalue weighted by atomic mass is 16.5. The van der Waals surface area contributed by atoms with E-state index in [1.807, 2.05) is 36.4 Å². The van der Waals surface area contributed by atoms with E-state index in [-0.39, 0.29) is 25.5 Å². The number of rotatable bonds is 15. The fourth-order valence-corrected chi connectivity index (χ4v) is 5.08. The van der Waals surface area contributed by atoms with Gasteiger partial charge in [-0.15, -0.1) is 0 Å². The number of nitrogens with zero attached hydrogens (tertiary/aromatic N) is 1. The van der Waals surface area contributed by atoms with Crippen molar-refractivity contribution in [1.82, 2.24) is 15.5 Å². The van der Waals surface area contributed by atoms with Crippen molar-refractivity contribution in [2.24, 2.45) is 11.7 Å². The van der Waals surface area contributed by atoms with Crippen LogP contribution in [0.2, 0.25) is 0 Å². The van der Waals surface area contributed by atoms with Crippen LogP contribution in [0.3, 0.4) is 0 Å². The van der Waals surface area contributed by atoms with Crippen molar-refractivity contribution >= 4 is 29.7 Å². The van der Waals surface area contributed by atoms with E-state index >= 15 is 0 Å². The molecule has 1 aliphatic heterocycles. The topological polar surface area (TPSA) is 168 Å². The van der Waals surface area contributed by atoms with Gasteiger partial charge in [-0.25, -0.2) is 9.59 Å². The summed E-state index contributed by atoms with van der Waals surface area (Å²) in [4.78, 5) is 65.7. The summed E-state index contributed by atoms with van der Waals surface area (Å²) >= 11 is 0. The maximum Gasteiger partial charge on any atom is 0.338 e. The van der Waals surface area contributed by atoms with Crippen molar-refractivity contribution in [2.75, 3.05) is 13.2 Å². The number of carbonyl (C=O) groups excluding carboxylic acids is 4. The van der Waals surface area contributed by atoms with E-state index in [1.54, 1.807) is 45.0 Å². The van der Waals surface area contributed by atoms with Gasteiger partial charge in [0, 0.05) is 13.0 Å². The van der Waals surface area contributed by atoms with Crippen LogP contribution in [0.1, 0.15) is 68.8 Å². The maximum atomic E-state index is 13.8. The molecule has 11 heteroatoms. The molecule has 1 saturated heterocycles. The lowest BCUT2D eigenvalue weighted by Gasteiger charge is -2.36. The third-order valence-corrected chi connectivity index (χ3v) is 8.21. The summed E-state index contributed by atoms with van der Waals surface area (Å²) in [5, 5.41) is 15.3. The third-order valence-electron chi connectivity index (χ3n) is 8.21. The summed E-state index contributed by atoms with van der Waals surface area (Å²) in [5.41, 5.74) is 6.02. The number of unbranched alkanes of at least 4 members (excludes halogenated alkanes) is 1. The Morgan fingerprint density at radius 3 is 2.27 bits per heavy atom. The van der Waals surface area contributed by atoms with E-state index in [4.69, 9.17) is 10.5 Å². The number of amides is 3. The molecule has 238 valence electrons. The molecule has 0 radical (unpaired) electrons. The monoisotopic (exact) mass is 608 g/mol. The number of hydrogen-bond acceptors (Lipinski definition) is 7. The van der Waals surface area contributed by atoms with Crippen LogP contribution in [0.15, 0.2) is 60.7 Å². The van der Waals surface area contributed by atoms with Gasteiger partial charge in [-0.2, -0.15) is 0 Å². The summed E-state index contributed by atoms with van der Waals surface area (Å²) in [5.74, 6) is -3.44. The van der Waals surface area contributed by atoms with Crippen molar-refractivity contribution in [2.45, 2.75) is 83.0 Å². The zero-order chi connectivity index (χ0) is 32.3. The van der Waals surface area contributed by atoms with Gasteiger partial charge in [-0.05, 0) is 62.6 Å².